The smallest absolute Gasteiger partial charge is 0.336 e. The van der Waals surface area contributed by atoms with Gasteiger partial charge in [-0.25, -0.2) is 4.79 Å². The zero-order chi connectivity index (χ0) is 34.6. The number of esters is 3. The molecule has 0 radical (unpaired) electrons. The molecule has 8 nitrogen and oxygen atoms in total. The summed E-state index contributed by atoms with van der Waals surface area (Å²) in [6.45, 7) is 19.1. The van der Waals surface area contributed by atoms with Crippen molar-refractivity contribution in [2.24, 2.45) is 45.3 Å². The molecule has 4 fully saturated rings. The van der Waals surface area contributed by atoms with Gasteiger partial charge in [-0.15, -0.1) is 0 Å². The first kappa shape index (κ1) is 37.1. The summed E-state index contributed by atoms with van der Waals surface area (Å²) < 4.78 is 17.9. The highest BCUT2D eigenvalue weighted by Gasteiger charge is 2.70. The Morgan fingerprint density at radius 2 is 1.59 bits per heavy atom. The van der Waals surface area contributed by atoms with Gasteiger partial charge in [0.2, 0.25) is 6.79 Å². The highest BCUT2D eigenvalue weighted by atomic mass is 79.9. The summed E-state index contributed by atoms with van der Waals surface area (Å²) in [5.41, 5.74) is 0.674. The first-order chi connectivity index (χ1) is 21.2. The molecule has 4 saturated carbocycles. The largest absolute Gasteiger partial charge is 0.458 e. The lowest BCUT2D eigenvalue weighted by molar-refractivity contribution is -0.234. The van der Waals surface area contributed by atoms with Crippen LogP contribution in [0.1, 0.15) is 121 Å². The zero-order valence-corrected chi connectivity index (χ0v) is 31.2. The number of allylic oxidation sites excluding steroid dienone is 2. The number of aliphatic hydroxyl groups excluding tert-OH is 2. The zero-order valence-electron chi connectivity index (χ0n) is 29.6. The maximum Gasteiger partial charge on any atom is 0.336 e. The number of hydrogen-bond donors (Lipinski definition) is 2. The summed E-state index contributed by atoms with van der Waals surface area (Å²) in [6, 6.07) is 0. The van der Waals surface area contributed by atoms with E-state index in [1.54, 1.807) is 20.8 Å². The van der Waals surface area contributed by atoms with Crippen molar-refractivity contribution in [2.75, 3.05) is 6.79 Å². The molecule has 0 aromatic carbocycles. The van der Waals surface area contributed by atoms with Crippen LogP contribution in [0.4, 0.5) is 0 Å². The number of carbonyl (C=O) groups excluding carboxylic acids is 3. The van der Waals surface area contributed by atoms with Crippen LogP contribution in [-0.4, -0.2) is 53.2 Å². The van der Waals surface area contributed by atoms with E-state index in [1.165, 1.54) is 6.92 Å². The van der Waals surface area contributed by atoms with E-state index in [9.17, 15) is 24.6 Å². The average Bonchev–Trinajstić information content (AvgIpc) is 3.21. The quantitative estimate of drug-likeness (QED) is 0.160. The summed E-state index contributed by atoms with van der Waals surface area (Å²) >= 11 is 3.66. The van der Waals surface area contributed by atoms with Crippen LogP contribution in [0.25, 0.3) is 0 Å². The molecule has 1 unspecified atom stereocenters. The number of rotatable bonds is 7. The summed E-state index contributed by atoms with van der Waals surface area (Å²) in [4.78, 5) is 38.9. The minimum atomic E-state index is -0.746. The minimum Gasteiger partial charge on any atom is -0.458 e. The maximum absolute atomic E-state index is 14.0. The van der Waals surface area contributed by atoms with Crippen molar-refractivity contribution in [1.82, 2.24) is 0 Å². The van der Waals surface area contributed by atoms with Gasteiger partial charge in [-0.05, 0) is 136 Å². The molecule has 0 aromatic heterocycles. The van der Waals surface area contributed by atoms with Crippen LogP contribution in [0.2, 0.25) is 0 Å². The summed E-state index contributed by atoms with van der Waals surface area (Å²) in [5, 5.41) is 23.0. The van der Waals surface area contributed by atoms with E-state index in [-0.39, 0.29) is 40.1 Å². The van der Waals surface area contributed by atoms with Gasteiger partial charge in [0.15, 0.2) is 0 Å². The van der Waals surface area contributed by atoms with Gasteiger partial charge in [0, 0.05) is 12.5 Å². The SMILES string of the molecule is CC(=O)O[C@H]1C[C@@]2(C)[C@H](C[C@@H](O)[C@@H]3[C@@]4(C)CC[C@@H](O)[C@@H](C)C4CC[C@@]32C)C1=C(CCC(Br)=C(C)C)C(=O)OCOC(=O)C(C)(C)C. The number of hydrogen-bond acceptors (Lipinski definition) is 8. The Bertz CT molecular complexity index is 1280. The van der Waals surface area contributed by atoms with E-state index in [4.69, 9.17) is 14.2 Å². The average molecular weight is 710 g/mol. The van der Waals surface area contributed by atoms with Gasteiger partial charge in [-0.3, -0.25) is 9.59 Å². The van der Waals surface area contributed by atoms with Gasteiger partial charge in [0.25, 0.3) is 0 Å². The Balaban J connectivity index is 1.80. The highest BCUT2D eigenvalue weighted by molar-refractivity contribution is 9.11. The predicted molar refractivity (Wildman–Crippen MR) is 179 cm³/mol. The van der Waals surface area contributed by atoms with Gasteiger partial charge in [0.05, 0.1) is 17.6 Å². The molecule has 0 bridgehead atoms. The molecule has 4 aliphatic carbocycles. The molecule has 46 heavy (non-hydrogen) atoms. The first-order valence-corrected chi connectivity index (χ1v) is 17.9. The highest BCUT2D eigenvalue weighted by Crippen LogP contribution is 2.74. The molecule has 4 aliphatic rings. The molecule has 0 saturated heterocycles. The minimum absolute atomic E-state index is 0.000640. The summed E-state index contributed by atoms with van der Waals surface area (Å²) in [7, 11) is 0. The fraction of sp³-hybridized carbons (Fsp3) is 0.811. The van der Waals surface area contributed by atoms with Crippen molar-refractivity contribution >= 4 is 33.8 Å². The Labute approximate surface area is 284 Å². The second kappa shape index (κ2) is 13.3. The van der Waals surface area contributed by atoms with E-state index in [1.807, 2.05) is 13.8 Å². The van der Waals surface area contributed by atoms with E-state index in [0.717, 1.165) is 41.3 Å². The molecule has 0 spiro atoms. The maximum atomic E-state index is 14.0. The summed E-state index contributed by atoms with van der Waals surface area (Å²) in [6.07, 6.45) is 3.70. The van der Waals surface area contributed by atoms with Crippen LogP contribution in [0.5, 0.6) is 0 Å². The van der Waals surface area contributed by atoms with Crippen molar-refractivity contribution < 1.29 is 38.8 Å². The lowest BCUT2D eigenvalue weighted by Gasteiger charge is -2.69. The molecule has 0 heterocycles. The van der Waals surface area contributed by atoms with Crippen molar-refractivity contribution in [3.8, 4) is 0 Å². The number of fused-ring (bicyclic) bond motifs is 5. The molecular formula is C37H57BrO8. The van der Waals surface area contributed by atoms with Crippen LogP contribution in [0.15, 0.2) is 21.2 Å². The molecule has 0 aromatic rings. The van der Waals surface area contributed by atoms with Gasteiger partial charge in [0.1, 0.15) is 6.10 Å². The molecule has 10 atom stereocenters. The van der Waals surface area contributed by atoms with Crippen LogP contribution in [0, 0.1) is 45.3 Å². The van der Waals surface area contributed by atoms with E-state index in [0.29, 0.717) is 37.2 Å². The Morgan fingerprint density at radius 1 is 0.935 bits per heavy atom. The van der Waals surface area contributed by atoms with Crippen LogP contribution in [0.3, 0.4) is 0 Å². The first-order valence-electron chi connectivity index (χ1n) is 17.1. The molecule has 0 amide bonds. The second-order valence-electron chi connectivity index (χ2n) is 16.7. The van der Waals surface area contributed by atoms with Gasteiger partial charge >= 0.3 is 17.9 Å². The molecule has 0 aliphatic heterocycles. The number of aliphatic hydroxyl groups is 2. The Hall–Kier alpha value is -1.71. The molecule has 2 N–H and O–H groups in total. The van der Waals surface area contributed by atoms with E-state index < -0.39 is 42.3 Å². The topological polar surface area (TPSA) is 119 Å². The monoisotopic (exact) mass is 708 g/mol. The van der Waals surface area contributed by atoms with Crippen LogP contribution in [-0.2, 0) is 28.6 Å². The van der Waals surface area contributed by atoms with Gasteiger partial charge < -0.3 is 24.4 Å². The third-order valence-corrected chi connectivity index (χ3v) is 13.9. The number of carbonyl (C=O) groups is 3. The standard InChI is InChI=1S/C37H57BrO8/c1-20(2)26(38)12-11-23(32(42)44-19-45-33(43)34(5,6)7)30-25-17-28(41)31-35(8)15-14-27(40)21(3)24(35)13-16-36(31,9)37(25,10)18-29(30)46-22(4)39/h21,24-25,27-29,31,40-41H,11-19H2,1-10H3/t21-,24?,25+,27+,28+,29-,31+,35-,36-,37-/m0/s1. The normalized spacial score (nSPS) is 39.7. The Kier molecular flexibility index (Phi) is 10.7. The lowest BCUT2D eigenvalue weighted by atomic mass is 9.36. The molecular weight excluding hydrogens is 652 g/mol. The van der Waals surface area contributed by atoms with E-state index in [2.05, 4.69) is 43.6 Å². The lowest BCUT2D eigenvalue weighted by Crippen LogP contribution is -2.65. The third kappa shape index (κ3) is 6.50. The second-order valence-corrected chi connectivity index (χ2v) is 17.6. The van der Waals surface area contributed by atoms with Crippen molar-refractivity contribution in [3.63, 3.8) is 0 Å². The number of halogens is 1. The van der Waals surface area contributed by atoms with E-state index >= 15 is 0 Å². The number of ether oxygens (including phenoxy) is 3. The van der Waals surface area contributed by atoms with Gasteiger partial charge in [-0.1, -0.05) is 49.2 Å². The van der Waals surface area contributed by atoms with Crippen molar-refractivity contribution in [1.29, 1.82) is 0 Å². The predicted octanol–water partition coefficient (Wildman–Crippen LogP) is 7.39. The van der Waals surface area contributed by atoms with Crippen LogP contribution >= 0.6 is 15.9 Å². The molecule has 4 rings (SSSR count). The van der Waals surface area contributed by atoms with Gasteiger partial charge in [-0.2, -0.15) is 0 Å². The molecule has 260 valence electrons. The third-order valence-electron chi connectivity index (χ3n) is 12.7. The van der Waals surface area contributed by atoms with Crippen LogP contribution < -0.4 is 0 Å². The Morgan fingerprint density at radius 3 is 2.17 bits per heavy atom. The fourth-order valence-electron chi connectivity index (χ4n) is 10.2. The fourth-order valence-corrected chi connectivity index (χ4v) is 10.4. The van der Waals surface area contributed by atoms with Crippen molar-refractivity contribution in [3.05, 3.63) is 21.2 Å². The van der Waals surface area contributed by atoms with Crippen molar-refractivity contribution in [2.45, 2.75) is 139 Å². The summed E-state index contributed by atoms with van der Waals surface area (Å²) in [5.74, 6) is -1.24. The molecule has 9 heteroatoms.